The van der Waals surface area contributed by atoms with Crippen molar-refractivity contribution in [2.24, 2.45) is 17.3 Å². The number of hydrogen-bond donors (Lipinski definition) is 0. The van der Waals surface area contributed by atoms with Crippen molar-refractivity contribution in [2.45, 2.75) is 52.9 Å². The van der Waals surface area contributed by atoms with E-state index in [-0.39, 0.29) is 5.92 Å². The predicted molar refractivity (Wildman–Crippen MR) is 82.4 cm³/mol. The van der Waals surface area contributed by atoms with Crippen LogP contribution in [0.3, 0.4) is 0 Å². The number of unbranched alkanes of at least 4 members (excludes halogenated alkanes) is 2. The molecule has 0 saturated carbocycles. The van der Waals surface area contributed by atoms with Crippen LogP contribution in [0, 0.1) is 29.6 Å². The monoisotopic (exact) mass is 296 g/mol. The SMILES string of the molecule is C#CC(CCCCC)C(CC(C)C)(C(=O)OC)C(=O)OC. The Morgan fingerprint density at radius 1 is 1.14 bits per heavy atom. The molecule has 0 rings (SSSR count). The van der Waals surface area contributed by atoms with E-state index in [0.29, 0.717) is 12.8 Å². The molecule has 1 atom stereocenters. The smallest absolute Gasteiger partial charge is 0.324 e. The molecule has 4 heteroatoms. The van der Waals surface area contributed by atoms with Gasteiger partial charge in [-0.15, -0.1) is 12.3 Å². The summed E-state index contributed by atoms with van der Waals surface area (Å²) in [4.78, 5) is 24.8. The van der Waals surface area contributed by atoms with E-state index in [9.17, 15) is 9.59 Å². The Morgan fingerprint density at radius 3 is 2.00 bits per heavy atom. The van der Waals surface area contributed by atoms with Crippen molar-refractivity contribution in [3.8, 4) is 12.3 Å². The first kappa shape index (κ1) is 19.5. The third-order valence-corrected chi connectivity index (χ3v) is 3.72. The molecule has 0 aliphatic carbocycles. The lowest BCUT2D eigenvalue weighted by molar-refractivity contribution is -0.174. The van der Waals surface area contributed by atoms with E-state index in [1.165, 1.54) is 14.2 Å². The number of methoxy groups -OCH3 is 2. The fraction of sp³-hybridized carbons (Fsp3) is 0.765. The van der Waals surface area contributed by atoms with Crippen LogP contribution in [0.2, 0.25) is 0 Å². The van der Waals surface area contributed by atoms with Gasteiger partial charge in [0.2, 0.25) is 0 Å². The van der Waals surface area contributed by atoms with E-state index in [1.54, 1.807) is 0 Å². The zero-order valence-electron chi connectivity index (χ0n) is 13.9. The highest BCUT2D eigenvalue weighted by molar-refractivity contribution is 6.00. The van der Waals surface area contributed by atoms with Gasteiger partial charge >= 0.3 is 11.9 Å². The Balaban J connectivity index is 5.64. The van der Waals surface area contributed by atoms with E-state index in [1.807, 2.05) is 13.8 Å². The minimum absolute atomic E-state index is 0.116. The van der Waals surface area contributed by atoms with Gasteiger partial charge in [-0.25, -0.2) is 0 Å². The first-order valence-electron chi connectivity index (χ1n) is 7.53. The van der Waals surface area contributed by atoms with Gasteiger partial charge in [0.15, 0.2) is 5.41 Å². The van der Waals surface area contributed by atoms with Crippen LogP contribution in [-0.2, 0) is 19.1 Å². The number of hydrogen-bond acceptors (Lipinski definition) is 4. The normalized spacial score (nSPS) is 12.6. The van der Waals surface area contributed by atoms with Gasteiger partial charge < -0.3 is 9.47 Å². The Bertz CT molecular complexity index is 363. The Hall–Kier alpha value is -1.50. The summed E-state index contributed by atoms with van der Waals surface area (Å²) in [5, 5.41) is 0. The van der Waals surface area contributed by atoms with Crippen LogP contribution in [0.4, 0.5) is 0 Å². The van der Waals surface area contributed by atoms with Crippen LogP contribution in [0.25, 0.3) is 0 Å². The maximum atomic E-state index is 12.4. The summed E-state index contributed by atoms with van der Waals surface area (Å²) in [5.41, 5.74) is -1.40. The number of terminal acetylenes is 1. The van der Waals surface area contributed by atoms with Gasteiger partial charge in [0.05, 0.1) is 14.2 Å². The zero-order valence-corrected chi connectivity index (χ0v) is 13.9. The highest BCUT2D eigenvalue weighted by Crippen LogP contribution is 2.40. The second-order valence-corrected chi connectivity index (χ2v) is 5.77. The average Bonchev–Trinajstić information content (AvgIpc) is 2.47. The number of ether oxygens (including phenoxy) is 2. The van der Waals surface area contributed by atoms with E-state index >= 15 is 0 Å². The highest BCUT2D eigenvalue weighted by atomic mass is 16.5. The average molecular weight is 296 g/mol. The molecule has 0 saturated heterocycles. The molecule has 0 heterocycles. The lowest BCUT2D eigenvalue weighted by Gasteiger charge is -2.34. The van der Waals surface area contributed by atoms with Crippen LogP contribution in [0.1, 0.15) is 52.9 Å². The van der Waals surface area contributed by atoms with Gasteiger partial charge in [0, 0.05) is 5.92 Å². The Labute approximate surface area is 128 Å². The first-order chi connectivity index (χ1) is 9.90. The van der Waals surface area contributed by atoms with E-state index < -0.39 is 23.3 Å². The second kappa shape index (κ2) is 9.44. The summed E-state index contributed by atoms with van der Waals surface area (Å²) < 4.78 is 9.79. The maximum absolute atomic E-state index is 12.4. The third kappa shape index (κ3) is 4.77. The van der Waals surface area contributed by atoms with E-state index in [4.69, 9.17) is 15.9 Å². The Kier molecular flexibility index (Phi) is 8.76. The largest absolute Gasteiger partial charge is 0.468 e. The van der Waals surface area contributed by atoms with Crippen molar-refractivity contribution in [2.75, 3.05) is 14.2 Å². The summed E-state index contributed by atoms with van der Waals surface area (Å²) in [5.74, 6) is 1.05. The van der Waals surface area contributed by atoms with Crippen LogP contribution in [0.15, 0.2) is 0 Å². The topological polar surface area (TPSA) is 52.6 Å². The molecule has 0 aromatic rings. The summed E-state index contributed by atoms with van der Waals surface area (Å²) in [6.45, 7) is 5.98. The van der Waals surface area contributed by atoms with Crippen LogP contribution >= 0.6 is 0 Å². The molecular formula is C17H28O4. The van der Waals surface area contributed by atoms with Gasteiger partial charge in [-0.1, -0.05) is 40.0 Å². The number of esters is 2. The van der Waals surface area contributed by atoms with Gasteiger partial charge in [0.25, 0.3) is 0 Å². The molecule has 0 aromatic heterocycles. The zero-order chi connectivity index (χ0) is 16.5. The fourth-order valence-corrected chi connectivity index (χ4v) is 2.76. The molecule has 0 aliphatic heterocycles. The maximum Gasteiger partial charge on any atom is 0.324 e. The molecule has 120 valence electrons. The third-order valence-electron chi connectivity index (χ3n) is 3.72. The molecule has 0 spiro atoms. The predicted octanol–water partition coefficient (Wildman–Crippen LogP) is 3.19. The van der Waals surface area contributed by atoms with Crippen LogP contribution < -0.4 is 0 Å². The molecule has 0 N–H and O–H groups in total. The quantitative estimate of drug-likeness (QED) is 0.284. The molecule has 0 aliphatic rings. The van der Waals surface area contributed by atoms with Gasteiger partial charge in [0.1, 0.15) is 0 Å². The summed E-state index contributed by atoms with van der Waals surface area (Å²) >= 11 is 0. The van der Waals surface area contributed by atoms with Gasteiger partial charge in [-0.05, 0) is 18.8 Å². The number of rotatable bonds is 9. The minimum atomic E-state index is -1.40. The second-order valence-electron chi connectivity index (χ2n) is 5.77. The minimum Gasteiger partial charge on any atom is -0.468 e. The lowest BCUT2D eigenvalue weighted by Crippen LogP contribution is -2.48. The van der Waals surface area contributed by atoms with Gasteiger partial charge in [-0.2, -0.15) is 0 Å². The van der Waals surface area contributed by atoms with Crippen molar-refractivity contribution in [3.05, 3.63) is 0 Å². The summed E-state index contributed by atoms with van der Waals surface area (Å²) in [7, 11) is 2.56. The summed E-state index contributed by atoms with van der Waals surface area (Å²) in [6, 6.07) is 0. The molecule has 1 unspecified atom stereocenters. The summed E-state index contributed by atoms with van der Waals surface area (Å²) in [6.07, 6.45) is 9.51. The van der Waals surface area contributed by atoms with E-state index in [0.717, 1.165) is 19.3 Å². The van der Waals surface area contributed by atoms with Crippen molar-refractivity contribution in [1.82, 2.24) is 0 Å². The van der Waals surface area contributed by atoms with Crippen molar-refractivity contribution < 1.29 is 19.1 Å². The van der Waals surface area contributed by atoms with Crippen molar-refractivity contribution >= 4 is 11.9 Å². The molecular weight excluding hydrogens is 268 g/mol. The number of carbonyl (C=O) groups excluding carboxylic acids is 2. The number of carbonyl (C=O) groups is 2. The molecule has 0 bridgehead atoms. The standard InChI is InChI=1S/C17H28O4/c1-7-9-10-11-14(8-2)17(12-13(3)4,15(18)20-5)16(19)21-6/h2,13-14H,7,9-12H2,1,3-6H3. The first-order valence-corrected chi connectivity index (χ1v) is 7.53. The Morgan fingerprint density at radius 2 is 1.67 bits per heavy atom. The van der Waals surface area contributed by atoms with Crippen LogP contribution in [0.5, 0.6) is 0 Å². The van der Waals surface area contributed by atoms with Crippen molar-refractivity contribution in [3.63, 3.8) is 0 Å². The molecule has 0 amide bonds. The molecule has 4 nitrogen and oxygen atoms in total. The molecule has 0 radical (unpaired) electrons. The van der Waals surface area contributed by atoms with Crippen molar-refractivity contribution in [1.29, 1.82) is 0 Å². The van der Waals surface area contributed by atoms with Crippen LogP contribution in [-0.4, -0.2) is 26.2 Å². The fourth-order valence-electron chi connectivity index (χ4n) is 2.76. The lowest BCUT2D eigenvalue weighted by atomic mass is 9.68. The van der Waals surface area contributed by atoms with Gasteiger partial charge in [-0.3, -0.25) is 9.59 Å². The molecule has 21 heavy (non-hydrogen) atoms. The molecule has 0 aromatic carbocycles. The van der Waals surface area contributed by atoms with E-state index in [2.05, 4.69) is 12.8 Å². The highest BCUT2D eigenvalue weighted by Gasteiger charge is 2.53. The molecule has 0 fully saturated rings.